The van der Waals surface area contributed by atoms with Gasteiger partial charge in [0.25, 0.3) is 5.91 Å². The van der Waals surface area contributed by atoms with Crippen molar-refractivity contribution in [2.24, 2.45) is 5.92 Å². The summed E-state index contributed by atoms with van der Waals surface area (Å²) in [4.78, 5) is 12.6. The van der Waals surface area contributed by atoms with Crippen LogP contribution in [0.3, 0.4) is 0 Å². The van der Waals surface area contributed by atoms with Gasteiger partial charge in [0, 0.05) is 6.54 Å². The summed E-state index contributed by atoms with van der Waals surface area (Å²) in [6, 6.07) is 7.66. The van der Waals surface area contributed by atoms with Gasteiger partial charge >= 0.3 is 0 Å². The Kier molecular flexibility index (Phi) is 5.52. The number of carbonyl (C=O) groups excluding carboxylic acids is 1. The van der Waals surface area contributed by atoms with Crippen LogP contribution in [-0.2, 0) is 6.54 Å². The molecule has 1 aliphatic rings. The van der Waals surface area contributed by atoms with E-state index in [0.29, 0.717) is 29.5 Å². The number of ether oxygens (including phenoxy) is 2. The average molecular weight is 379 g/mol. The first-order chi connectivity index (χ1) is 12.5. The van der Waals surface area contributed by atoms with Gasteiger partial charge in [0.05, 0.1) is 24.4 Å². The Labute approximate surface area is 156 Å². The van der Waals surface area contributed by atoms with Crippen molar-refractivity contribution in [1.82, 2.24) is 5.32 Å². The molecule has 0 heterocycles. The first kappa shape index (κ1) is 18.3. The fourth-order valence-corrected chi connectivity index (χ4v) is 2.75. The molecular weight excluding hydrogens is 359 g/mol. The van der Waals surface area contributed by atoms with Gasteiger partial charge in [-0.15, -0.1) is 0 Å². The minimum atomic E-state index is -0.491. The lowest BCUT2D eigenvalue weighted by Gasteiger charge is -2.15. The summed E-state index contributed by atoms with van der Waals surface area (Å²) in [6.45, 7) is 0.640. The molecule has 0 saturated heterocycles. The molecule has 1 amide bonds. The minimum absolute atomic E-state index is 0.132. The number of benzene rings is 2. The summed E-state index contributed by atoms with van der Waals surface area (Å²) in [5, 5.41) is 2.98. The average Bonchev–Trinajstić information content (AvgIpc) is 3.44. The summed E-state index contributed by atoms with van der Waals surface area (Å²) >= 11 is 6.20. The van der Waals surface area contributed by atoms with Gasteiger partial charge < -0.3 is 20.5 Å². The van der Waals surface area contributed by atoms with E-state index in [1.165, 1.54) is 19.2 Å². The molecule has 0 aliphatic heterocycles. The Bertz CT molecular complexity index is 825. The normalized spacial score (nSPS) is 13.3. The summed E-state index contributed by atoms with van der Waals surface area (Å²) in [7, 11) is 1.39. The number of hydrogen-bond donors (Lipinski definition) is 2. The molecule has 3 N–H and O–H groups in total. The highest BCUT2D eigenvalue weighted by atomic mass is 35.5. The molecule has 1 saturated carbocycles. The molecule has 2 aromatic carbocycles. The lowest BCUT2D eigenvalue weighted by Crippen LogP contribution is -2.24. The second-order valence-electron chi connectivity index (χ2n) is 6.25. The van der Waals surface area contributed by atoms with Crippen molar-refractivity contribution in [3.63, 3.8) is 0 Å². The fraction of sp³-hybridized carbons (Fsp3) is 0.316. The molecular formula is C19H20ClFN2O3. The quantitative estimate of drug-likeness (QED) is 0.719. The lowest BCUT2D eigenvalue weighted by molar-refractivity contribution is 0.0946. The number of carbonyl (C=O) groups is 1. The second-order valence-corrected chi connectivity index (χ2v) is 6.65. The summed E-state index contributed by atoms with van der Waals surface area (Å²) in [5.74, 6) is 0.0307. The van der Waals surface area contributed by atoms with Gasteiger partial charge in [-0.25, -0.2) is 4.39 Å². The highest BCUT2D eigenvalue weighted by molar-refractivity contribution is 6.34. The van der Waals surface area contributed by atoms with Crippen molar-refractivity contribution in [2.75, 3.05) is 19.5 Å². The van der Waals surface area contributed by atoms with E-state index in [1.807, 2.05) is 0 Å². The molecule has 1 aliphatic carbocycles. The number of nitrogens with two attached hydrogens (primary N) is 1. The fourth-order valence-electron chi connectivity index (χ4n) is 2.52. The van der Waals surface area contributed by atoms with Gasteiger partial charge in [0.1, 0.15) is 5.56 Å². The van der Waals surface area contributed by atoms with Crippen molar-refractivity contribution < 1.29 is 18.7 Å². The highest BCUT2D eigenvalue weighted by Crippen LogP contribution is 2.35. The number of methoxy groups -OCH3 is 1. The van der Waals surface area contributed by atoms with Crippen LogP contribution in [0.1, 0.15) is 28.8 Å². The largest absolute Gasteiger partial charge is 0.494 e. The van der Waals surface area contributed by atoms with Crippen LogP contribution in [0.25, 0.3) is 0 Å². The number of halogens is 2. The van der Waals surface area contributed by atoms with Crippen molar-refractivity contribution in [3.05, 3.63) is 52.3 Å². The van der Waals surface area contributed by atoms with Crippen LogP contribution in [0.2, 0.25) is 5.02 Å². The van der Waals surface area contributed by atoms with Gasteiger partial charge in [-0.1, -0.05) is 17.7 Å². The molecule has 1 fully saturated rings. The third-order valence-corrected chi connectivity index (χ3v) is 4.51. The Balaban J connectivity index is 1.74. The minimum Gasteiger partial charge on any atom is -0.494 e. The molecule has 3 rings (SSSR count). The van der Waals surface area contributed by atoms with Crippen LogP contribution in [0.4, 0.5) is 10.1 Å². The third-order valence-electron chi connectivity index (χ3n) is 4.19. The number of amides is 1. The first-order valence-corrected chi connectivity index (χ1v) is 8.68. The Morgan fingerprint density at radius 1 is 1.35 bits per heavy atom. The van der Waals surface area contributed by atoms with E-state index in [9.17, 15) is 9.18 Å². The maximum atomic E-state index is 13.8. The topological polar surface area (TPSA) is 73.6 Å². The summed E-state index contributed by atoms with van der Waals surface area (Å²) in [6.07, 6.45) is 2.23. The molecule has 7 heteroatoms. The lowest BCUT2D eigenvalue weighted by atomic mass is 10.1. The molecule has 0 aromatic heterocycles. The van der Waals surface area contributed by atoms with Crippen molar-refractivity contribution >= 4 is 23.2 Å². The summed E-state index contributed by atoms with van der Waals surface area (Å²) < 4.78 is 24.4. The molecule has 5 nitrogen and oxygen atoms in total. The van der Waals surface area contributed by atoms with Gasteiger partial charge in [0.2, 0.25) is 0 Å². The van der Waals surface area contributed by atoms with E-state index in [1.54, 1.807) is 18.2 Å². The number of hydrogen-bond acceptors (Lipinski definition) is 4. The van der Waals surface area contributed by atoms with Crippen LogP contribution >= 0.6 is 11.6 Å². The van der Waals surface area contributed by atoms with E-state index < -0.39 is 11.7 Å². The predicted molar refractivity (Wildman–Crippen MR) is 98.2 cm³/mol. The van der Waals surface area contributed by atoms with Gasteiger partial charge in [-0.3, -0.25) is 4.79 Å². The molecule has 0 bridgehead atoms. The molecule has 26 heavy (non-hydrogen) atoms. The molecule has 0 atom stereocenters. The zero-order valence-corrected chi connectivity index (χ0v) is 15.1. The van der Waals surface area contributed by atoms with Crippen molar-refractivity contribution in [2.45, 2.75) is 19.4 Å². The first-order valence-electron chi connectivity index (χ1n) is 8.31. The monoisotopic (exact) mass is 378 g/mol. The number of rotatable bonds is 7. The van der Waals surface area contributed by atoms with E-state index in [0.717, 1.165) is 12.8 Å². The molecule has 2 aromatic rings. The number of nitrogens with one attached hydrogen (secondary N) is 1. The molecule has 0 radical (unpaired) electrons. The summed E-state index contributed by atoms with van der Waals surface area (Å²) in [5.41, 5.74) is 7.11. The van der Waals surface area contributed by atoms with Gasteiger partial charge in [0.15, 0.2) is 17.3 Å². The predicted octanol–water partition coefficient (Wildman–Crippen LogP) is 3.79. The van der Waals surface area contributed by atoms with Crippen LogP contribution in [0.15, 0.2) is 30.3 Å². The van der Waals surface area contributed by atoms with E-state index in [2.05, 4.69) is 5.32 Å². The van der Waals surface area contributed by atoms with Gasteiger partial charge in [-0.2, -0.15) is 0 Å². The Morgan fingerprint density at radius 3 is 2.77 bits per heavy atom. The highest BCUT2D eigenvalue weighted by Gasteiger charge is 2.25. The number of anilines is 1. The van der Waals surface area contributed by atoms with Crippen LogP contribution in [0.5, 0.6) is 11.5 Å². The Morgan fingerprint density at radius 2 is 2.12 bits per heavy atom. The molecule has 0 spiro atoms. The smallest absolute Gasteiger partial charge is 0.256 e. The third kappa shape index (κ3) is 4.19. The second kappa shape index (κ2) is 7.83. The standard InChI is InChI=1S/C19H20ClFN2O3/c1-25-16-7-4-12(8-14(16)21)9-23-19(24)17-13(20)5-6-15(22)18(17)26-10-11-2-3-11/h4-8,11H,2-3,9-10,22H2,1H3,(H,23,24). The molecule has 138 valence electrons. The zero-order valence-electron chi connectivity index (χ0n) is 14.4. The van der Waals surface area contributed by atoms with Crippen LogP contribution in [-0.4, -0.2) is 19.6 Å². The van der Waals surface area contributed by atoms with E-state index >= 15 is 0 Å². The zero-order chi connectivity index (χ0) is 18.7. The Hall–Kier alpha value is -2.47. The molecule has 0 unspecified atom stereocenters. The maximum Gasteiger partial charge on any atom is 0.256 e. The van der Waals surface area contributed by atoms with Crippen LogP contribution < -0.4 is 20.5 Å². The van der Waals surface area contributed by atoms with E-state index in [4.69, 9.17) is 26.8 Å². The number of nitrogen functional groups attached to an aromatic ring is 1. The maximum absolute atomic E-state index is 13.8. The van der Waals surface area contributed by atoms with Gasteiger partial charge in [-0.05, 0) is 48.6 Å². The SMILES string of the molecule is COc1ccc(CNC(=O)c2c(Cl)ccc(N)c2OCC2CC2)cc1F. The van der Waals surface area contributed by atoms with Crippen molar-refractivity contribution in [1.29, 1.82) is 0 Å². The van der Waals surface area contributed by atoms with E-state index in [-0.39, 0.29) is 22.9 Å². The van der Waals surface area contributed by atoms with Crippen molar-refractivity contribution in [3.8, 4) is 11.5 Å². The van der Waals surface area contributed by atoms with Crippen LogP contribution in [0, 0.1) is 11.7 Å².